The van der Waals surface area contributed by atoms with Crippen molar-refractivity contribution in [2.45, 2.75) is 0 Å². The van der Waals surface area contributed by atoms with Gasteiger partial charge in [-0.2, -0.15) is 0 Å². The quantitative estimate of drug-likeness (QED) is 0.678. The highest BCUT2D eigenvalue weighted by atomic mass is 16.5. The van der Waals surface area contributed by atoms with Crippen LogP contribution < -0.4 is 10.6 Å². The Balaban J connectivity index is 1.97. The van der Waals surface area contributed by atoms with Crippen molar-refractivity contribution in [2.24, 2.45) is 0 Å². The number of anilines is 2. The van der Waals surface area contributed by atoms with Gasteiger partial charge in [0.05, 0.1) is 5.56 Å². The SMILES string of the molecule is CN(C)c1ccc(C=C2OC(=O)c3cc(N)ccc32)cc1. The topological polar surface area (TPSA) is 55.6 Å². The first-order valence-electron chi connectivity index (χ1n) is 6.66. The van der Waals surface area contributed by atoms with E-state index >= 15 is 0 Å². The summed E-state index contributed by atoms with van der Waals surface area (Å²) < 4.78 is 5.32. The number of nitrogens with zero attached hydrogens (tertiary/aromatic N) is 1. The fraction of sp³-hybridized carbons (Fsp3) is 0.118. The molecule has 0 radical (unpaired) electrons. The second-order valence-electron chi connectivity index (χ2n) is 5.19. The number of esters is 1. The maximum absolute atomic E-state index is 11.8. The summed E-state index contributed by atoms with van der Waals surface area (Å²) in [6.45, 7) is 0. The van der Waals surface area contributed by atoms with Gasteiger partial charge in [-0.1, -0.05) is 12.1 Å². The third kappa shape index (κ3) is 2.48. The predicted octanol–water partition coefficient (Wildman–Crippen LogP) is 3.00. The lowest BCUT2D eigenvalue weighted by Crippen LogP contribution is -2.07. The van der Waals surface area contributed by atoms with Gasteiger partial charge in [-0.05, 0) is 42.0 Å². The molecule has 0 spiro atoms. The van der Waals surface area contributed by atoms with Crippen molar-refractivity contribution in [2.75, 3.05) is 24.7 Å². The molecule has 0 saturated carbocycles. The number of nitrogen functional groups attached to an aromatic ring is 1. The van der Waals surface area contributed by atoms with Gasteiger partial charge in [0.25, 0.3) is 0 Å². The monoisotopic (exact) mass is 280 g/mol. The Bertz CT molecular complexity index is 731. The minimum atomic E-state index is -0.353. The van der Waals surface area contributed by atoms with Gasteiger partial charge in [0.1, 0.15) is 5.76 Å². The van der Waals surface area contributed by atoms with Crippen molar-refractivity contribution in [3.05, 3.63) is 59.2 Å². The van der Waals surface area contributed by atoms with Crippen LogP contribution in [-0.2, 0) is 4.74 Å². The average Bonchev–Trinajstić information content (AvgIpc) is 2.75. The minimum absolute atomic E-state index is 0.353. The number of hydrogen-bond acceptors (Lipinski definition) is 4. The smallest absolute Gasteiger partial charge is 0.344 e. The van der Waals surface area contributed by atoms with Crippen LogP contribution >= 0.6 is 0 Å². The molecule has 0 aromatic heterocycles. The molecule has 0 atom stereocenters. The first-order valence-corrected chi connectivity index (χ1v) is 6.66. The molecule has 2 aromatic rings. The summed E-state index contributed by atoms with van der Waals surface area (Å²) in [5, 5.41) is 0. The van der Waals surface area contributed by atoms with Gasteiger partial charge >= 0.3 is 5.97 Å². The van der Waals surface area contributed by atoms with E-state index in [1.54, 1.807) is 12.1 Å². The molecule has 1 heterocycles. The highest BCUT2D eigenvalue weighted by Crippen LogP contribution is 2.32. The summed E-state index contributed by atoms with van der Waals surface area (Å²) in [7, 11) is 3.99. The van der Waals surface area contributed by atoms with Crippen LogP contribution in [0.25, 0.3) is 11.8 Å². The normalized spacial score (nSPS) is 15.0. The van der Waals surface area contributed by atoms with Crippen molar-refractivity contribution in [3.63, 3.8) is 0 Å². The molecule has 1 aliphatic heterocycles. The van der Waals surface area contributed by atoms with Crippen LogP contribution in [0.4, 0.5) is 11.4 Å². The lowest BCUT2D eigenvalue weighted by Gasteiger charge is -2.11. The van der Waals surface area contributed by atoms with E-state index < -0.39 is 0 Å². The molecule has 106 valence electrons. The van der Waals surface area contributed by atoms with E-state index in [4.69, 9.17) is 10.5 Å². The van der Waals surface area contributed by atoms with Gasteiger partial charge in [0, 0.05) is 31.0 Å². The second-order valence-corrected chi connectivity index (χ2v) is 5.19. The molecule has 0 amide bonds. The zero-order valence-electron chi connectivity index (χ0n) is 12.0. The lowest BCUT2D eigenvalue weighted by molar-refractivity contribution is 0.0717. The zero-order chi connectivity index (χ0) is 15.0. The lowest BCUT2D eigenvalue weighted by atomic mass is 10.1. The van der Waals surface area contributed by atoms with Gasteiger partial charge in [-0.25, -0.2) is 4.79 Å². The molecule has 0 fully saturated rings. The van der Waals surface area contributed by atoms with Gasteiger partial charge in [0.15, 0.2) is 0 Å². The number of rotatable bonds is 2. The van der Waals surface area contributed by atoms with Crippen molar-refractivity contribution in [3.8, 4) is 0 Å². The number of benzene rings is 2. The second kappa shape index (κ2) is 4.98. The molecule has 0 aliphatic carbocycles. The fourth-order valence-electron chi connectivity index (χ4n) is 2.28. The Labute approximate surface area is 123 Å². The van der Waals surface area contributed by atoms with Crippen LogP contribution in [0.1, 0.15) is 21.5 Å². The van der Waals surface area contributed by atoms with E-state index in [0.717, 1.165) is 16.8 Å². The summed E-state index contributed by atoms with van der Waals surface area (Å²) in [4.78, 5) is 13.9. The molecule has 21 heavy (non-hydrogen) atoms. The number of fused-ring (bicyclic) bond motifs is 1. The summed E-state index contributed by atoms with van der Waals surface area (Å²) in [6, 6.07) is 13.3. The van der Waals surface area contributed by atoms with Crippen LogP contribution in [0.15, 0.2) is 42.5 Å². The Morgan fingerprint density at radius 2 is 1.76 bits per heavy atom. The number of cyclic esters (lactones) is 1. The predicted molar refractivity (Wildman–Crippen MR) is 84.9 cm³/mol. The molecule has 4 heteroatoms. The van der Waals surface area contributed by atoms with Crippen LogP contribution in [0.2, 0.25) is 0 Å². The average molecular weight is 280 g/mol. The van der Waals surface area contributed by atoms with Crippen molar-refractivity contribution in [1.82, 2.24) is 0 Å². The molecule has 2 aromatic carbocycles. The summed E-state index contributed by atoms with van der Waals surface area (Å²) in [5.74, 6) is 0.209. The summed E-state index contributed by atoms with van der Waals surface area (Å²) in [6.07, 6.45) is 1.86. The summed E-state index contributed by atoms with van der Waals surface area (Å²) in [5.41, 5.74) is 9.66. The van der Waals surface area contributed by atoms with Gasteiger partial charge in [0.2, 0.25) is 0 Å². The van der Waals surface area contributed by atoms with Gasteiger partial charge < -0.3 is 15.4 Å². The largest absolute Gasteiger partial charge is 0.422 e. The Kier molecular flexibility index (Phi) is 3.14. The van der Waals surface area contributed by atoms with E-state index in [1.807, 2.05) is 55.4 Å². The molecule has 3 rings (SSSR count). The van der Waals surface area contributed by atoms with Crippen LogP contribution in [0, 0.1) is 0 Å². The van der Waals surface area contributed by atoms with Gasteiger partial charge in [-0.15, -0.1) is 0 Å². The van der Waals surface area contributed by atoms with E-state index in [1.165, 1.54) is 0 Å². The highest BCUT2D eigenvalue weighted by molar-refractivity contribution is 6.06. The Morgan fingerprint density at radius 1 is 1.05 bits per heavy atom. The molecule has 4 nitrogen and oxygen atoms in total. The van der Waals surface area contributed by atoms with Gasteiger partial charge in [-0.3, -0.25) is 0 Å². The number of nitrogens with two attached hydrogens (primary N) is 1. The van der Waals surface area contributed by atoms with E-state index in [2.05, 4.69) is 0 Å². The van der Waals surface area contributed by atoms with E-state index in [0.29, 0.717) is 17.0 Å². The zero-order valence-corrected chi connectivity index (χ0v) is 12.0. The van der Waals surface area contributed by atoms with Crippen LogP contribution in [-0.4, -0.2) is 20.1 Å². The maximum Gasteiger partial charge on any atom is 0.344 e. The maximum atomic E-state index is 11.8. The standard InChI is InChI=1S/C17H16N2O2/c1-19(2)13-6-3-11(4-7-13)9-16-14-8-5-12(18)10-15(14)17(20)21-16/h3-10H,18H2,1-2H3. The highest BCUT2D eigenvalue weighted by Gasteiger charge is 2.26. The molecule has 2 N–H and O–H groups in total. The molecular weight excluding hydrogens is 264 g/mol. The van der Waals surface area contributed by atoms with Crippen LogP contribution in [0.5, 0.6) is 0 Å². The summed E-state index contributed by atoms with van der Waals surface area (Å²) >= 11 is 0. The first kappa shape index (κ1) is 13.2. The number of hydrogen-bond donors (Lipinski definition) is 1. The third-order valence-electron chi connectivity index (χ3n) is 3.44. The minimum Gasteiger partial charge on any atom is -0.422 e. The molecular formula is C17H16N2O2. The number of carbonyl (C=O) groups excluding carboxylic acids is 1. The number of carbonyl (C=O) groups is 1. The number of ether oxygens (including phenoxy) is 1. The van der Waals surface area contributed by atoms with E-state index in [9.17, 15) is 4.79 Å². The third-order valence-corrected chi connectivity index (χ3v) is 3.44. The molecule has 0 unspecified atom stereocenters. The Hall–Kier alpha value is -2.75. The van der Waals surface area contributed by atoms with E-state index in [-0.39, 0.29) is 5.97 Å². The van der Waals surface area contributed by atoms with Crippen LogP contribution in [0.3, 0.4) is 0 Å². The molecule has 0 saturated heterocycles. The molecule has 1 aliphatic rings. The fourth-order valence-corrected chi connectivity index (χ4v) is 2.28. The molecule has 0 bridgehead atoms. The van der Waals surface area contributed by atoms with Crippen molar-refractivity contribution < 1.29 is 9.53 Å². The Morgan fingerprint density at radius 3 is 2.43 bits per heavy atom. The van der Waals surface area contributed by atoms with Crippen molar-refractivity contribution >= 4 is 29.2 Å². The first-order chi connectivity index (χ1) is 10.0. The van der Waals surface area contributed by atoms with Crippen molar-refractivity contribution in [1.29, 1.82) is 0 Å².